The van der Waals surface area contributed by atoms with E-state index in [2.05, 4.69) is 15.4 Å². The van der Waals surface area contributed by atoms with Crippen LogP contribution in [0.4, 0.5) is 18.9 Å². The lowest BCUT2D eigenvalue weighted by Crippen LogP contribution is -2.13. The molecule has 2 rings (SSSR count). The Morgan fingerprint density at radius 3 is 2.52 bits per heavy atom. The number of nitrogens with zero attached hydrogens (tertiary/aromatic N) is 4. The minimum atomic E-state index is -4.49. The third-order valence-electron chi connectivity index (χ3n) is 2.80. The summed E-state index contributed by atoms with van der Waals surface area (Å²) < 4.78 is 39.9. The molecular formula is C14H12F3N5S. The maximum absolute atomic E-state index is 13.0. The number of nitrogens with one attached hydrogen (secondary N) is 1. The third-order valence-corrected chi connectivity index (χ3v) is 3.38. The number of hydrogen-bond donors (Lipinski definition) is 1. The lowest BCUT2D eigenvalue weighted by Gasteiger charge is -2.10. The summed E-state index contributed by atoms with van der Waals surface area (Å²) in [6.07, 6.45) is -0.973. The minimum Gasteiger partial charge on any atom is -0.271 e. The molecule has 2 aromatic rings. The first-order valence-electron chi connectivity index (χ1n) is 6.37. The normalized spacial score (nSPS) is 12.1. The molecule has 0 aliphatic heterocycles. The van der Waals surface area contributed by atoms with Gasteiger partial charge in [-0.05, 0) is 43.5 Å². The van der Waals surface area contributed by atoms with Crippen molar-refractivity contribution >= 4 is 22.6 Å². The maximum atomic E-state index is 13.0. The van der Waals surface area contributed by atoms with Crippen LogP contribution in [0.2, 0.25) is 0 Å². The van der Waals surface area contributed by atoms with Gasteiger partial charge in [0.15, 0.2) is 11.4 Å². The molecule has 1 N–H and O–H groups in total. The molecule has 0 aliphatic carbocycles. The predicted molar refractivity (Wildman–Crippen MR) is 82.7 cm³/mol. The number of rotatable bonds is 2. The Labute approximate surface area is 134 Å². The van der Waals surface area contributed by atoms with E-state index in [9.17, 15) is 13.2 Å². The molecule has 1 aromatic heterocycles. The van der Waals surface area contributed by atoms with Crippen molar-refractivity contribution in [2.75, 3.05) is 6.26 Å². The molecule has 0 unspecified atom stereocenters. The van der Waals surface area contributed by atoms with Crippen molar-refractivity contribution in [1.82, 2.24) is 15.1 Å². The van der Waals surface area contributed by atoms with E-state index in [1.807, 2.05) is 0 Å². The van der Waals surface area contributed by atoms with E-state index < -0.39 is 11.9 Å². The molecular weight excluding hydrogens is 327 g/mol. The second-order valence-corrected chi connectivity index (χ2v) is 5.25. The molecule has 5 nitrogen and oxygen atoms in total. The van der Waals surface area contributed by atoms with Gasteiger partial charge in [-0.15, -0.1) is 0 Å². The Morgan fingerprint density at radius 2 is 2.00 bits per heavy atom. The monoisotopic (exact) mass is 339 g/mol. The van der Waals surface area contributed by atoms with E-state index in [1.165, 1.54) is 30.8 Å². The van der Waals surface area contributed by atoms with Gasteiger partial charge in [0.1, 0.15) is 5.69 Å². The molecule has 0 saturated heterocycles. The van der Waals surface area contributed by atoms with Gasteiger partial charge in [0.05, 0.1) is 17.1 Å². The number of nitriles is 1. The van der Waals surface area contributed by atoms with E-state index in [1.54, 1.807) is 24.6 Å². The summed E-state index contributed by atoms with van der Waals surface area (Å²) in [5.74, 6) is 0. The molecule has 1 heterocycles. The largest absolute Gasteiger partial charge is 0.433 e. The third kappa shape index (κ3) is 4.04. The molecule has 0 saturated carbocycles. The number of halogens is 3. The van der Waals surface area contributed by atoms with Crippen LogP contribution in [0.15, 0.2) is 35.3 Å². The number of thioether (sulfide) groups is 1. The summed E-state index contributed by atoms with van der Waals surface area (Å²) in [6, 6.07) is 7.09. The zero-order chi connectivity index (χ0) is 17.0. The van der Waals surface area contributed by atoms with Gasteiger partial charge in [-0.2, -0.15) is 23.5 Å². The van der Waals surface area contributed by atoms with E-state index in [0.29, 0.717) is 10.9 Å². The van der Waals surface area contributed by atoms with Crippen LogP contribution in [-0.2, 0) is 6.18 Å². The molecule has 0 bridgehead atoms. The van der Waals surface area contributed by atoms with Crippen LogP contribution in [0.3, 0.4) is 0 Å². The summed E-state index contributed by atoms with van der Waals surface area (Å²) in [5, 5.41) is 15.3. The highest BCUT2D eigenvalue weighted by molar-refractivity contribution is 8.13. The number of hydrogen-bond acceptors (Lipinski definition) is 4. The van der Waals surface area contributed by atoms with Crippen LogP contribution in [-0.4, -0.2) is 21.2 Å². The first kappa shape index (κ1) is 16.9. The van der Waals surface area contributed by atoms with Gasteiger partial charge in [-0.3, -0.25) is 5.32 Å². The molecule has 120 valence electrons. The molecule has 23 heavy (non-hydrogen) atoms. The lowest BCUT2D eigenvalue weighted by atomic mass is 10.2. The lowest BCUT2D eigenvalue weighted by molar-refractivity contribution is -0.142. The van der Waals surface area contributed by atoms with Crippen LogP contribution in [0, 0.1) is 18.4 Å². The molecule has 0 amide bonds. The molecule has 0 radical (unpaired) electrons. The van der Waals surface area contributed by atoms with Crippen LogP contribution in [0.5, 0.6) is 0 Å². The summed E-state index contributed by atoms with van der Waals surface area (Å²) in [4.78, 5) is 4.17. The average molecular weight is 339 g/mol. The zero-order valence-electron chi connectivity index (χ0n) is 12.2. The number of benzene rings is 1. The molecule has 0 atom stereocenters. The summed E-state index contributed by atoms with van der Waals surface area (Å²) >= 11 is 1.25. The molecule has 1 aromatic carbocycles. The molecule has 0 aliphatic rings. The SMILES string of the molecule is CSC(=Nc1ccc(-n2nc(C)cc2C(F)(F)F)cc1)NC#N. The highest BCUT2D eigenvalue weighted by Gasteiger charge is 2.35. The fourth-order valence-corrected chi connectivity index (χ4v) is 2.20. The van der Waals surface area contributed by atoms with E-state index in [0.717, 1.165) is 10.7 Å². The standard InChI is InChI=1S/C14H12F3N5S/c1-9-7-12(14(15,16)17)22(21-9)11-5-3-10(4-6-11)20-13(23-2)19-8-18/h3-7H,1-2H3,(H,19,20). The van der Waals surface area contributed by atoms with E-state index in [-0.39, 0.29) is 11.4 Å². The summed E-state index contributed by atoms with van der Waals surface area (Å²) in [7, 11) is 0. The van der Waals surface area contributed by atoms with Gasteiger partial charge in [0.25, 0.3) is 0 Å². The first-order valence-corrected chi connectivity index (χ1v) is 7.59. The Kier molecular flexibility index (Phi) is 4.95. The Balaban J connectivity index is 2.36. The van der Waals surface area contributed by atoms with Gasteiger partial charge in [0.2, 0.25) is 0 Å². The highest BCUT2D eigenvalue weighted by atomic mass is 32.2. The van der Waals surface area contributed by atoms with Gasteiger partial charge in [0, 0.05) is 0 Å². The number of aliphatic imine (C=N–C) groups is 1. The van der Waals surface area contributed by atoms with Gasteiger partial charge in [-0.25, -0.2) is 9.67 Å². The minimum absolute atomic E-state index is 0.280. The fourth-order valence-electron chi connectivity index (χ4n) is 1.86. The smallest absolute Gasteiger partial charge is 0.271 e. The number of alkyl halides is 3. The highest BCUT2D eigenvalue weighted by Crippen LogP contribution is 2.31. The Bertz CT molecular complexity index is 756. The van der Waals surface area contributed by atoms with Crippen molar-refractivity contribution in [2.24, 2.45) is 4.99 Å². The second-order valence-electron chi connectivity index (χ2n) is 4.45. The Morgan fingerprint density at radius 1 is 1.35 bits per heavy atom. The van der Waals surface area contributed by atoms with Crippen LogP contribution in [0.25, 0.3) is 5.69 Å². The topological polar surface area (TPSA) is 66.0 Å². The van der Waals surface area contributed by atoms with E-state index >= 15 is 0 Å². The molecule has 0 spiro atoms. The quantitative estimate of drug-likeness (QED) is 0.393. The van der Waals surface area contributed by atoms with Crippen molar-refractivity contribution < 1.29 is 13.2 Å². The molecule has 0 fully saturated rings. The predicted octanol–water partition coefficient (Wildman–Crippen LogP) is 3.62. The first-order chi connectivity index (χ1) is 10.8. The van der Waals surface area contributed by atoms with Crippen LogP contribution in [0.1, 0.15) is 11.4 Å². The van der Waals surface area contributed by atoms with Crippen molar-refractivity contribution in [2.45, 2.75) is 13.1 Å². The van der Waals surface area contributed by atoms with Crippen LogP contribution < -0.4 is 5.32 Å². The van der Waals surface area contributed by atoms with Gasteiger partial charge < -0.3 is 0 Å². The van der Waals surface area contributed by atoms with Crippen molar-refractivity contribution in [1.29, 1.82) is 5.26 Å². The van der Waals surface area contributed by atoms with Gasteiger partial charge in [-0.1, -0.05) is 11.8 Å². The van der Waals surface area contributed by atoms with E-state index in [4.69, 9.17) is 5.26 Å². The fraction of sp³-hybridized carbons (Fsp3) is 0.214. The number of aryl methyl sites for hydroxylation is 1. The summed E-state index contributed by atoms with van der Waals surface area (Å²) in [6.45, 7) is 1.50. The second kappa shape index (κ2) is 6.75. The zero-order valence-corrected chi connectivity index (χ0v) is 13.0. The van der Waals surface area contributed by atoms with Gasteiger partial charge >= 0.3 is 6.18 Å². The van der Waals surface area contributed by atoms with Crippen LogP contribution >= 0.6 is 11.8 Å². The number of amidine groups is 1. The van der Waals surface area contributed by atoms with Crippen molar-refractivity contribution in [3.05, 3.63) is 41.7 Å². The summed E-state index contributed by atoms with van der Waals surface area (Å²) in [5.41, 5.74) is 0.242. The van der Waals surface area contributed by atoms with Crippen molar-refractivity contribution in [3.63, 3.8) is 0 Å². The average Bonchev–Trinajstić information content (AvgIpc) is 2.90. The van der Waals surface area contributed by atoms with Crippen molar-refractivity contribution in [3.8, 4) is 11.9 Å². The maximum Gasteiger partial charge on any atom is 0.433 e. The molecule has 9 heteroatoms. The Hall–Kier alpha value is -2.47. The number of aromatic nitrogens is 2.